The zero-order valence-corrected chi connectivity index (χ0v) is 11.5. The molecule has 0 spiro atoms. The van der Waals surface area contributed by atoms with Gasteiger partial charge in [-0.05, 0) is 37.5 Å². The molecular formula is C16H30. The minimum atomic E-state index is 0.837. The van der Waals surface area contributed by atoms with Crippen LogP contribution in [0.15, 0.2) is 24.8 Å². The molecule has 0 heteroatoms. The molecular weight excluding hydrogens is 192 g/mol. The number of unbranched alkanes of at least 4 members (excludes halogenated alkanes) is 3. The Labute approximate surface area is 103 Å². The summed E-state index contributed by atoms with van der Waals surface area (Å²) in [5.74, 6) is 1.80. The molecule has 0 aromatic heterocycles. The van der Waals surface area contributed by atoms with Gasteiger partial charge in [-0.15, -0.1) is 6.58 Å². The van der Waals surface area contributed by atoms with Crippen molar-refractivity contribution in [1.82, 2.24) is 0 Å². The fraction of sp³-hybridized carbons (Fsp3) is 0.750. The minimum Gasteiger partial charge on any atom is -0.103 e. The van der Waals surface area contributed by atoms with E-state index in [-0.39, 0.29) is 0 Å². The molecule has 0 amide bonds. The summed E-state index contributed by atoms with van der Waals surface area (Å²) in [5, 5.41) is 0. The van der Waals surface area contributed by atoms with Crippen LogP contribution >= 0.6 is 0 Å². The largest absolute Gasteiger partial charge is 0.103 e. The molecule has 0 saturated heterocycles. The van der Waals surface area contributed by atoms with E-state index in [1.807, 2.05) is 6.08 Å². The van der Waals surface area contributed by atoms with Gasteiger partial charge in [0.1, 0.15) is 0 Å². The Balaban J connectivity index is 0.000000293. The summed E-state index contributed by atoms with van der Waals surface area (Å²) in [5.41, 5.74) is 0. The van der Waals surface area contributed by atoms with Crippen molar-refractivity contribution in [2.75, 3.05) is 0 Å². The van der Waals surface area contributed by atoms with Crippen LogP contribution in [0, 0.1) is 11.8 Å². The van der Waals surface area contributed by atoms with E-state index < -0.39 is 0 Å². The Morgan fingerprint density at radius 3 is 2.50 bits per heavy atom. The third-order valence-electron chi connectivity index (χ3n) is 3.42. The van der Waals surface area contributed by atoms with Gasteiger partial charge in [0.25, 0.3) is 0 Å². The standard InChI is InChI=1S/C9H16.C7H14/c1-3-9-7-5-4-6-8(9)2;1-3-5-7-6-4-2/h4,6,8-9H,3,5,7H2,1-2H3;3H,1,4-7H2,2H3. The topological polar surface area (TPSA) is 0 Å². The lowest BCUT2D eigenvalue weighted by atomic mass is 9.84. The van der Waals surface area contributed by atoms with Crippen molar-refractivity contribution in [3.05, 3.63) is 24.8 Å². The van der Waals surface area contributed by atoms with Gasteiger partial charge < -0.3 is 0 Å². The molecule has 2 unspecified atom stereocenters. The second kappa shape index (κ2) is 11.0. The van der Waals surface area contributed by atoms with E-state index in [4.69, 9.17) is 0 Å². The summed E-state index contributed by atoms with van der Waals surface area (Å²) in [4.78, 5) is 0. The van der Waals surface area contributed by atoms with Crippen LogP contribution in [-0.2, 0) is 0 Å². The third kappa shape index (κ3) is 7.73. The second-order valence-corrected chi connectivity index (χ2v) is 4.82. The van der Waals surface area contributed by atoms with Crippen LogP contribution in [0.4, 0.5) is 0 Å². The summed E-state index contributed by atoms with van der Waals surface area (Å²) in [6, 6.07) is 0. The highest BCUT2D eigenvalue weighted by Gasteiger charge is 2.14. The van der Waals surface area contributed by atoms with Crippen molar-refractivity contribution < 1.29 is 0 Å². The average molecular weight is 222 g/mol. The van der Waals surface area contributed by atoms with Gasteiger partial charge in [0.2, 0.25) is 0 Å². The molecule has 0 aromatic carbocycles. The van der Waals surface area contributed by atoms with Crippen molar-refractivity contribution in [2.24, 2.45) is 11.8 Å². The highest BCUT2D eigenvalue weighted by atomic mass is 14.2. The van der Waals surface area contributed by atoms with Crippen molar-refractivity contribution in [1.29, 1.82) is 0 Å². The van der Waals surface area contributed by atoms with E-state index in [1.54, 1.807) is 0 Å². The maximum atomic E-state index is 3.63. The van der Waals surface area contributed by atoms with Crippen LogP contribution in [0.2, 0.25) is 0 Å². The summed E-state index contributed by atoms with van der Waals surface area (Å²) in [7, 11) is 0. The zero-order chi connectivity index (χ0) is 12.2. The van der Waals surface area contributed by atoms with Crippen LogP contribution in [0.3, 0.4) is 0 Å². The molecule has 0 bridgehead atoms. The van der Waals surface area contributed by atoms with E-state index in [0.29, 0.717) is 0 Å². The molecule has 1 aliphatic carbocycles. The van der Waals surface area contributed by atoms with Gasteiger partial charge in [0.15, 0.2) is 0 Å². The van der Waals surface area contributed by atoms with Crippen LogP contribution in [0.1, 0.15) is 65.7 Å². The first-order chi connectivity index (χ1) is 7.76. The van der Waals surface area contributed by atoms with Gasteiger partial charge in [-0.2, -0.15) is 0 Å². The molecule has 2 atom stereocenters. The maximum Gasteiger partial charge on any atom is -0.0234 e. The summed E-state index contributed by atoms with van der Waals surface area (Å²) in [6.45, 7) is 10.5. The highest BCUT2D eigenvalue weighted by Crippen LogP contribution is 2.26. The quantitative estimate of drug-likeness (QED) is 0.410. The van der Waals surface area contributed by atoms with Crippen LogP contribution in [0.5, 0.6) is 0 Å². The van der Waals surface area contributed by atoms with E-state index in [2.05, 4.69) is 39.5 Å². The molecule has 0 saturated carbocycles. The Kier molecular flexibility index (Phi) is 10.6. The monoisotopic (exact) mass is 222 g/mol. The first-order valence-electron chi connectivity index (χ1n) is 7.03. The molecule has 0 nitrogen and oxygen atoms in total. The fourth-order valence-electron chi connectivity index (χ4n) is 2.16. The molecule has 0 aromatic rings. The highest BCUT2D eigenvalue weighted by molar-refractivity contribution is 4.94. The van der Waals surface area contributed by atoms with Crippen molar-refractivity contribution in [2.45, 2.75) is 65.7 Å². The number of allylic oxidation sites excluding steroid dienone is 3. The van der Waals surface area contributed by atoms with Gasteiger partial charge in [-0.25, -0.2) is 0 Å². The van der Waals surface area contributed by atoms with Crippen LogP contribution < -0.4 is 0 Å². The lowest BCUT2D eigenvalue weighted by Crippen LogP contribution is -2.11. The lowest BCUT2D eigenvalue weighted by molar-refractivity contribution is 0.367. The molecule has 0 radical (unpaired) electrons. The van der Waals surface area contributed by atoms with E-state index in [0.717, 1.165) is 11.8 Å². The van der Waals surface area contributed by atoms with E-state index in [9.17, 15) is 0 Å². The first kappa shape index (κ1) is 15.5. The molecule has 0 aliphatic heterocycles. The fourth-order valence-corrected chi connectivity index (χ4v) is 2.16. The molecule has 0 fully saturated rings. The Bertz CT molecular complexity index is 178. The SMILES string of the molecule is C=CCCCCC.CCC1CCC=CC1C. The second-order valence-electron chi connectivity index (χ2n) is 4.82. The predicted molar refractivity (Wildman–Crippen MR) is 75.7 cm³/mol. The first-order valence-corrected chi connectivity index (χ1v) is 7.03. The lowest BCUT2D eigenvalue weighted by Gasteiger charge is -2.22. The predicted octanol–water partition coefficient (Wildman–Crippen LogP) is 5.75. The van der Waals surface area contributed by atoms with Crippen LogP contribution in [-0.4, -0.2) is 0 Å². The summed E-state index contributed by atoms with van der Waals surface area (Å²) < 4.78 is 0. The van der Waals surface area contributed by atoms with E-state index in [1.165, 1.54) is 44.9 Å². The molecule has 16 heavy (non-hydrogen) atoms. The zero-order valence-electron chi connectivity index (χ0n) is 11.5. The van der Waals surface area contributed by atoms with Gasteiger partial charge in [-0.3, -0.25) is 0 Å². The number of hydrogen-bond acceptors (Lipinski definition) is 0. The third-order valence-corrected chi connectivity index (χ3v) is 3.42. The molecule has 0 heterocycles. The van der Waals surface area contributed by atoms with E-state index >= 15 is 0 Å². The number of hydrogen-bond donors (Lipinski definition) is 0. The van der Waals surface area contributed by atoms with Crippen molar-refractivity contribution in [3.63, 3.8) is 0 Å². The van der Waals surface area contributed by atoms with Gasteiger partial charge in [-0.1, -0.05) is 58.3 Å². The molecule has 0 N–H and O–H groups in total. The molecule has 94 valence electrons. The normalized spacial score (nSPS) is 23.4. The Morgan fingerprint density at radius 2 is 2.06 bits per heavy atom. The van der Waals surface area contributed by atoms with Crippen LogP contribution in [0.25, 0.3) is 0 Å². The maximum absolute atomic E-state index is 3.63. The smallest absolute Gasteiger partial charge is 0.0234 e. The summed E-state index contributed by atoms with van der Waals surface area (Å²) in [6.07, 6.45) is 15.9. The Hall–Kier alpha value is -0.520. The van der Waals surface area contributed by atoms with Crippen molar-refractivity contribution in [3.8, 4) is 0 Å². The Morgan fingerprint density at radius 1 is 1.31 bits per heavy atom. The minimum absolute atomic E-state index is 0.837. The summed E-state index contributed by atoms with van der Waals surface area (Å²) >= 11 is 0. The molecule has 1 aliphatic rings. The average Bonchev–Trinajstić information content (AvgIpc) is 2.31. The molecule has 1 rings (SSSR count). The van der Waals surface area contributed by atoms with Gasteiger partial charge in [0, 0.05) is 0 Å². The van der Waals surface area contributed by atoms with Gasteiger partial charge in [0.05, 0.1) is 0 Å². The number of rotatable bonds is 5. The van der Waals surface area contributed by atoms with Gasteiger partial charge >= 0.3 is 0 Å². The van der Waals surface area contributed by atoms with Crippen molar-refractivity contribution >= 4 is 0 Å².